The van der Waals surface area contributed by atoms with E-state index in [1.165, 1.54) is 12.1 Å². The predicted octanol–water partition coefficient (Wildman–Crippen LogP) is 2.70. The molecular formula is C15H18O6. The summed E-state index contributed by atoms with van der Waals surface area (Å²) in [5.41, 5.74) is -0.976. The van der Waals surface area contributed by atoms with Crippen molar-refractivity contribution in [1.82, 2.24) is 0 Å². The molecule has 0 atom stereocenters. The predicted molar refractivity (Wildman–Crippen MR) is 75.2 cm³/mol. The number of rotatable bonds is 7. The minimum Gasteiger partial charge on any atom is -0.478 e. The van der Waals surface area contributed by atoms with Gasteiger partial charge in [0.15, 0.2) is 0 Å². The molecule has 0 bridgehead atoms. The third-order valence-electron chi connectivity index (χ3n) is 2.90. The van der Waals surface area contributed by atoms with Crippen molar-refractivity contribution in [2.75, 3.05) is 0 Å². The molecule has 0 aliphatic carbocycles. The van der Waals surface area contributed by atoms with E-state index in [2.05, 4.69) is 0 Å². The summed E-state index contributed by atoms with van der Waals surface area (Å²) < 4.78 is 0. The fourth-order valence-electron chi connectivity index (χ4n) is 1.35. The molecule has 0 radical (unpaired) electrons. The summed E-state index contributed by atoms with van der Waals surface area (Å²) in [5, 5.41) is 18.5. The van der Waals surface area contributed by atoms with Gasteiger partial charge in [0.25, 0.3) is 5.76 Å². The topological polar surface area (TPSA) is 93.1 Å². The molecule has 0 unspecified atom stereocenters. The quantitative estimate of drug-likeness (QED) is 0.347. The maximum atomic E-state index is 11.4. The van der Waals surface area contributed by atoms with Crippen molar-refractivity contribution in [2.24, 2.45) is 0 Å². The van der Waals surface area contributed by atoms with E-state index in [-0.39, 0.29) is 5.56 Å². The van der Waals surface area contributed by atoms with Crippen LogP contribution in [0, 0.1) is 0 Å². The van der Waals surface area contributed by atoms with Gasteiger partial charge in [0.1, 0.15) is 11.2 Å². The Morgan fingerprint density at radius 2 is 1.67 bits per heavy atom. The number of hydrogen-bond donors (Lipinski definition) is 2. The van der Waals surface area contributed by atoms with E-state index < -0.39 is 28.9 Å². The molecule has 1 rings (SSSR count). The molecule has 0 saturated heterocycles. The number of aliphatic carboxylic acids is 2. The molecule has 21 heavy (non-hydrogen) atoms. The number of carboxylic acids is 2. The summed E-state index contributed by atoms with van der Waals surface area (Å²) in [5.74, 6) is -3.67. The number of hydrogen-bond acceptors (Lipinski definition) is 4. The van der Waals surface area contributed by atoms with E-state index in [0.29, 0.717) is 6.42 Å². The van der Waals surface area contributed by atoms with E-state index in [1.54, 1.807) is 32.0 Å². The standard InChI is InChI=1S/C15H18O6/c1-4-15(2,3)21-20-12(14(18)19)11(13(16)17)10-8-6-5-7-9-10/h5-9H,4H2,1-3H3,(H,16,17)(H,18,19)/b12-11-. The maximum Gasteiger partial charge on any atom is 0.376 e. The molecule has 0 fully saturated rings. The first kappa shape index (κ1) is 16.7. The van der Waals surface area contributed by atoms with Crippen LogP contribution in [0.5, 0.6) is 0 Å². The first-order chi connectivity index (χ1) is 9.78. The van der Waals surface area contributed by atoms with Crippen molar-refractivity contribution in [3.63, 3.8) is 0 Å². The lowest BCUT2D eigenvalue weighted by molar-refractivity contribution is -0.325. The molecule has 0 heterocycles. The molecule has 6 heteroatoms. The van der Waals surface area contributed by atoms with Crippen LogP contribution in [0.2, 0.25) is 0 Å². The van der Waals surface area contributed by atoms with Crippen molar-refractivity contribution < 1.29 is 29.6 Å². The number of carboxylic acid groups (broad SMARTS) is 2. The fraction of sp³-hybridized carbons (Fsp3) is 0.333. The Bertz CT molecular complexity index is 545. The molecule has 0 aromatic heterocycles. The first-order valence-corrected chi connectivity index (χ1v) is 6.40. The molecule has 1 aromatic carbocycles. The van der Waals surface area contributed by atoms with Gasteiger partial charge in [-0.3, -0.25) is 0 Å². The zero-order valence-electron chi connectivity index (χ0n) is 12.1. The highest BCUT2D eigenvalue weighted by Crippen LogP contribution is 2.23. The molecule has 0 spiro atoms. The second kappa shape index (κ2) is 6.90. The van der Waals surface area contributed by atoms with Crippen LogP contribution < -0.4 is 0 Å². The van der Waals surface area contributed by atoms with Crippen LogP contribution in [-0.2, 0) is 19.4 Å². The summed E-state index contributed by atoms with van der Waals surface area (Å²) in [6, 6.07) is 7.88. The van der Waals surface area contributed by atoms with Crippen LogP contribution in [-0.4, -0.2) is 27.8 Å². The normalized spacial score (nSPS) is 12.5. The molecule has 2 N–H and O–H groups in total. The van der Waals surface area contributed by atoms with E-state index in [9.17, 15) is 19.8 Å². The zero-order chi connectivity index (χ0) is 16.0. The molecular weight excluding hydrogens is 276 g/mol. The van der Waals surface area contributed by atoms with Gasteiger partial charge in [-0.05, 0) is 25.8 Å². The van der Waals surface area contributed by atoms with Gasteiger partial charge in [-0.2, -0.15) is 4.89 Å². The summed E-state index contributed by atoms with van der Waals surface area (Å²) >= 11 is 0. The van der Waals surface area contributed by atoms with Gasteiger partial charge in [-0.1, -0.05) is 37.3 Å². The average molecular weight is 294 g/mol. The van der Waals surface area contributed by atoms with Gasteiger partial charge in [-0.25, -0.2) is 9.59 Å². The van der Waals surface area contributed by atoms with Crippen LogP contribution in [0.3, 0.4) is 0 Å². The third-order valence-corrected chi connectivity index (χ3v) is 2.90. The Morgan fingerprint density at radius 3 is 2.10 bits per heavy atom. The monoisotopic (exact) mass is 294 g/mol. The zero-order valence-corrected chi connectivity index (χ0v) is 12.1. The van der Waals surface area contributed by atoms with E-state index >= 15 is 0 Å². The molecule has 0 aliphatic rings. The third kappa shape index (κ3) is 4.61. The van der Waals surface area contributed by atoms with Crippen LogP contribution >= 0.6 is 0 Å². The minimum atomic E-state index is -1.51. The largest absolute Gasteiger partial charge is 0.478 e. The van der Waals surface area contributed by atoms with Gasteiger partial charge in [-0.15, -0.1) is 0 Å². The number of benzene rings is 1. The summed E-state index contributed by atoms with van der Waals surface area (Å²) in [7, 11) is 0. The lowest BCUT2D eigenvalue weighted by Gasteiger charge is -2.22. The van der Waals surface area contributed by atoms with Crippen LogP contribution in [0.15, 0.2) is 36.1 Å². The lowest BCUT2D eigenvalue weighted by atomic mass is 10.0. The molecule has 1 aromatic rings. The molecule has 0 aliphatic heterocycles. The van der Waals surface area contributed by atoms with Crippen molar-refractivity contribution in [3.8, 4) is 0 Å². The Morgan fingerprint density at radius 1 is 1.10 bits per heavy atom. The molecule has 0 saturated carbocycles. The highest BCUT2D eigenvalue weighted by atomic mass is 17.2. The summed E-state index contributed by atoms with van der Waals surface area (Å²) in [6.45, 7) is 5.24. The Labute approximate surface area is 122 Å². The smallest absolute Gasteiger partial charge is 0.376 e. The van der Waals surface area contributed by atoms with Crippen LogP contribution in [0.1, 0.15) is 32.8 Å². The van der Waals surface area contributed by atoms with Crippen molar-refractivity contribution in [3.05, 3.63) is 41.7 Å². The summed E-state index contributed by atoms with van der Waals surface area (Å²) in [4.78, 5) is 32.6. The minimum absolute atomic E-state index is 0.223. The average Bonchev–Trinajstić information content (AvgIpc) is 2.43. The Kier molecular flexibility index (Phi) is 5.49. The van der Waals surface area contributed by atoms with Gasteiger partial charge in [0.2, 0.25) is 0 Å². The van der Waals surface area contributed by atoms with E-state index in [1.807, 2.05) is 6.92 Å². The van der Waals surface area contributed by atoms with Crippen molar-refractivity contribution in [1.29, 1.82) is 0 Å². The molecule has 114 valence electrons. The van der Waals surface area contributed by atoms with E-state index in [4.69, 9.17) is 9.78 Å². The van der Waals surface area contributed by atoms with Crippen LogP contribution in [0.25, 0.3) is 5.57 Å². The first-order valence-electron chi connectivity index (χ1n) is 6.40. The Balaban J connectivity index is 3.24. The van der Waals surface area contributed by atoms with Gasteiger partial charge >= 0.3 is 11.9 Å². The van der Waals surface area contributed by atoms with Crippen molar-refractivity contribution in [2.45, 2.75) is 32.8 Å². The van der Waals surface area contributed by atoms with Crippen LogP contribution in [0.4, 0.5) is 0 Å². The van der Waals surface area contributed by atoms with E-state index in [0.717, 1.165) is 0 Å². The highest BCUT2D eigenvalue weighted by molar-refractivity contribution is 6.20. The SMILES string of the molecule is CCC(C)(C)OO/C(C(=O)O)=C(\C(=O)O)c1ccccc1. The molecule has 6 nitrogen and oxygen atoms in total. The van der Waals surface area contributed by atoms with Gasteiger partial charge in [0.05, 0.1) is 0 Å². The maximum absolute atomic E-state index is 11.4. The van der Waals surface area contributed by atoms with Crippen molar-refractivity contribution >= 4 is 17.5 Å². The van der Waals surface area contributed by atoms with Gasteiger partial charge in [0, 0.05) is 0 Å². The number of carbonyl (C=O) groups is 2. The summed E-state index contributed by atoms with van der Waals surface area (Å²) in [6.07, 6.45) is 0.563. The highest BCUT2D eigenvalue weighted by Gasteiger charge is 2.27. The Hall–Kier alpha value is -2.34. The second-order valence-electron chi connectivity index (χ2n) is 4.96. The second-order valence-corrected chi connectivity index (χ2v) is 4.96. The lowest BCUT2D eigenvalue weighted by Crippen LogP contribution is -2.25. The van der Waals surface area contributed by atoms with Gasteiger partial charge < -0.3 is 15.1 Å². The fourth-order valence-corrected chi connectivity index (χ4v) is 1.35. The molecule has 0 amide bonds.